The molecule has 0 saturated heterocycles. The van der Waals surface area contributed by atoms with Gasteiger partial charge in [-0.15, -0.1) is 0 Å². The van der Waals surface area contributed by atoms with Crippen molar-refractivity contribution in [1.82, 2.24) is 0 Å². The standard InChI is InChI=1S/C18H24O/c1-2-3-4-6-10-16-13-9-14-17(19)18(16)15-11-7-5-8-12-15/h5-8,10-12,16,18H,2-4,9,13-14H2,1H3/b10-6-/t16-,18+/m1/s1. The normalized spacial score (nSPS) is 23.9. The summed E-state index contributed by atoms with van der Waals surface area (Å²) in [4.78, 5) is 12.3. The van der Waals surface area contributed by atoms with Crippen molar-refractivity contribution in [2.45, 2.75) is 51.4 Å². The third-order valence-corrected chi connectivity index (χ3v) is 4.00. The minimum Gasteiger partial charge on any atom is -0.299 e. The third-order valence-electron chi connectivity index (χ3n) is 4.00. The van der Waals surface area contributed by atoms with Crippen LogP contribution in [0.2, 0.25) is 0 Å². The van der Waals surface area contributed by atoms with Gasteiger partial charge in [-0.3, -0.25) is 4.79 Å². The first-order valence-electron chi connectivity index (χ1n) is 7.57. The predicted octanol–water partition coefficient (Wildman–Crippen LogP) is 4.89. The van der Waals surface area contributed by atoms with Crippen LogP contribution in [0, 0.1) is 5.92 Å². The number of benzene rings is 1. The Balaban J connectivity index is 2.11. The first-order valence-corrected chi connectivity index (χ1v) is 7.57. The van der Waals surface area contributed by atoms with Crippen LogP contribution in [-0.4, -0.2) is 5.78 Å². The molecule has 0 spiro atoms. The molecule has 19 heavy (non-hydrogen) atoms. The second-order valence-corrected chi connectivity index (χ2v) is 5.48. The zero-order valence-corrected chi connectivity index (χ0v) is 11.8. The topological polar surface area (TPSA) is 17.1 Å². The highest BCUT2D eigenvalue weighted by Gasteiger charge is 2.31. The molecule has 2 rings (SSSR count). The molecule has 1 nitrogen and oxygen atoms in total. The average molecular weight is 256 g/mol. The Morgan fingerprint density at radius 1 is 1.26 bits per heavy atom. The van der Waals surface area contributed by atoms with Gasteiger partial charge in [-0.25, -0.2) is 0 Å². The fraction of sp³-hybridized carbons (Fsp3) is 0.500. The van der Waals surface area contributed by atoms with Gasteiger partial charge < -0.3 is 0 Å². The highest BCUT2D eigenvalue weighted by Crippen LogP contribution is 2.36. The second-order valence-electron chi connectivity index (χ2n) is 5.48. The summed E-state index contributed by atoms with van der Waals surface area (Å²) in [5.41, 5.74) is 1.19. The zero-order chi connectivity index (χ0) is 13.5. The molecule has 1 aromatic carbocycles. The Morgan fingerprint density at radius 3 is 2.79 bits per heavy atom. The molecule has 1 fully saturated rings. The number of hydrogen-bond donors (Lipinski definition) is 0. The summed E-state index contributed by atoms with van der Waals surface area (Å²) in [6.45, 7) is 2.21. The van der Waals surface area contributed by atoms with E-state index >= 15 is 0 Å². The van der Waals surface area contributed by atoms with Crippen LogP contribution in [0.4, 0.5) is 0 Å². The summed E-state index contributed by atoms with van der Waals surface area (Å²) < 4.78 is 0. The molecule has 0 N–H and O–H groups in total. The van der Waals surface area contributed by atoms with E-state index in [-0.39, 0.29) is 5.92 Å². The van der Waals surface area contributed by atoms with Crippen LogP contribution >= 0.6 is 0 Å². The quantitative estimate of drug-likeness (QED) is 0.541. The summed E-state index contributed by atoms with van der Waals surface area (Å²) in [6, 6.07) is 10.3. The van der Waals surface area contributed by atoms with Gasteiger partial charge in [0.2, 0.25) is 0 Å². The molecular weight excluding hydrogens is 232 g/mol. The van der Waals surface area contributed by atoms with Gasteiger partial charge in [0.25, 0.3) is 0 Å². The zero-order valence-electron chi connectivity index (χ0n) is 11.8. The van der Waals surface area contributed by atoms with Crippen molar-refractivity contribution in [1.29, 1.82) is 0 Å². The maximum Gasteiger partial charge on any atom is 0.140 e. The fourth-order valence-corrected chi connectivity index (χ4v) is 2.97. The number of unbranched alkanes of at least 4 members (excludes halogenated alkanes) is 2. The fourth-order valence-electron chi connectivity index (χ4n) is 2.97. The Morgan fingerprint density at radius 2 is 2.05 bits per heavy atom. The van der Waals surface area contributed by atoms with E-state index < -0.39 is 0 Å². The molecule has 0 aliphatic heterocycles. The highest BCUT2D eigenvalue weighted by atomic mass is 16.1. The lowest BCUT2D eigenvalue weighted by Crippen LogP contribution is -2.25. The largest absolute Gasteiger partial charge is 0.299 e. The van der Waals surface area contributed by atoms with E-state index in [2.05, 4.69) is 31.2 Å². The molecule has 1 heteroatoms. The van der Waals surface area contributed by atoms with Crippen LogP contribution in [0.5, 0.6) is 0 Å². The molecule has 102 valence electrons. The van der Waals surface area contributed by atoms with Crippen molar-refractivity contribution >= 4 is 5.78 Å². The van der Waals surface area contributed by atoms with Gasteiger partial charge in [0, 0.05) is 12.3 Å². The Bertz CT molecular complexity index is 419. The summed E-state index contributed by atoms with van der Waals surface area (Å²) in [6.07, 6.45) is 11.1. The first-order chi connectivity index (χ1) is 9.33. The van der Waals surface area contributed by atoms with Crippen molar-refractivity contribution in [3.63, 3.8) is 0 Å². The lowest BCUT2D eigenvalue weighted by molar-refractivity contribution is -0.122. The summed E-state index contributed by atoms with van der Waals surface area (Å²) in [5.74, 6) is 0.913. The SMILES string of the molecule is CCCC/C=C\[C@@H]1CCCC(=O)[C@H]1c1ccccc1. The van der Waals surface area contributed by atoms with E-state index in [1.54, 1.807) is 0 Å². The first kappa shape index (κ1) is 14.0. The number of Topliss-reactive ketones (excluding diaryl/α,β-unsaturated/α-hetero) is 1. The van der Waals surface area contributed by atoms with Crippen molar-refractivity contribution in [3.05, 3.63) is 48.0 Å². The van der Waals surface area contributed by atoms with Gasteiger partial charge >= 0.3 is 0 Å². The van der Waals surface area contributed by atoms with E-state index in [1.165, 1.54) is 18.4 Å². The molecule has 0 aromatic heterocycles. The van der Waals surface area contributed by atoms with Crippen LogP contribution in [0.1, 0.15) is 56.9 Å². The van der Waals surface area contributed by atoms with E-state index in [0.717, 1.165) is 25.7 Å². The monoisotopic (exact) mass is 256 g/mol. The van der Waals surface area contributed by atoms with Gasteiger partial charge in [0.15, 0.2) is 0 Å². The van der Waals surface area contributed by atoms with Crippen LogP contribution < -0.4 is 0 Å². The van der Waals surface area contributed by atoms with Gasteiger partial charge in [0.1, 0.15) is 5.78 Å². The van der Waals surface area contributed by atoms with Gasteiger partial charge in [-0.2, -0.15) is 0 Å². The third kappa shape index (κ3) is 3.79. The van der Waals surface area contributed by atoms with Crippen molar-refractivity contribution in [3.8, 4) is 0 Å². The number of rotatable bonds is 5. The number of ketones is 1. The molecule has 0 unspecified atom stereocenters. The van der Waals surface area contributed by atoms with Gasteiger partial charge in [0.05, 0.1) is 0 Å². The lowest BCUT2D eigenvalue weighted by Gasteiger charge is -2.28. The molecule has 0 bridgehead atoms. The molecule has 1 saturated carbocycles. The van der Waals surface area contributed by atoms with Crippen LogP contribution in [-0.2, 0) is 4.79 Å². The van der Waals surface area contributed by atoms with E-state index in [0.29, 0.717) is 11.7 Å². The molecular formula is C18H24O. The molecule has 1 aliphatic carbocycles. The van der Waals surface area contributed by atoms with Crippen LogP contribution in [0.3, 0.4) is 0 Å². The van der Waals surface area contributed by atoms with E-state index in [1.807, 2.05) is 18.2 Å². The maximum absolute atomic E-state index is 12.3. The molecule has 0 amide bonds. The highest BCUT2D eigenvalue weighted by molar-refractivity contribution is 5.87. The minimum atomic E-state index is 0.0906. The molecule has 0 radical (unpaired) electrons. The number of hydrogen-bond acceptors (Lipinski definition) is 1. The summed E-state index contributed by atoms with van der Waals surface area (Å²) in [5, 5.41) is 0. The summed E-state index contributed by atoms with van der Waals surface area (Å²) in [7, 11) is 0. The van der Waals surface area contributed by atoms with Gasteiger partial charge in [-0.1, -0.05) is 62.2 Å². The Hall–Kier alpha value is -1.37. The lowest BCUT2D eigenvalue weighted by atomic mass is 9.74. The number of allylic oxidation sites excluding steroid dienone is 2. The smallest absolute Gasteiger partial charge is 0.140 e. The molecule has 1 aliphatic rings. The summed E-state index contributed by atoms with van der Waals surface area (Å²) >= 11 is 0. The van der Waals surface area contributed by atoms with Crippen molar-refractivity contribution < 1.29 is 4.79 Å². The van der Waals surface area contributed by atoms with Crippen LogP contribution in [0.15, 0.2) is 42.5 Å². The van der Waals surface area contributed by atoms with Crippen molar-refractivity contribution in [2.24, 2.45) is 5.92 Å². The number of carbonyl (C=O) groups is 1. The molecule has 1 aromatic rings. The van der Waals surface area contributed by atoms with Crippen LogP contribution in [0.25, 0.3) is 0 Å². The average Bonchev–Trinajstić information content (AvgIpc) is 2.45. The maximum atomic E-state index is 12.3. The molecule has 0 heterocycles. The minimum absolute atomic E-state index is 0.0906. The second kappa shape index (κ2) is 7.28. The Labute approximate surface area is 116 Å². The molecule has 2 atom stereocenters. The predicted molar refractivity (Wildman–Crippen MR) is 80.2 cm³/mol. The van der Waals surface area contributed by atoms with E-state index in [4.69, 9.17) is 0 Å². The Kier molecular flexibility index (Phi) is 5.38. The van der Waals surface area contributed by atoms with Crippen molar-refractivity contribution in [2.75, 3.05) is 0 Å². The number of carbonyl (C=O) groups excluding carboxylic acids is 1. The van der Waals surface area contributed by atoms with E-state index in [9.17, 15) is 4.79 Å². The van der Waals surface area contributed by atoms with Gasteiger partial charge in [-0.05, 0) is 30.7 Å².